The summed E-state index contributed by atoms with van der Waals surface area (Å²) in [5.74, 6) is -0.828. The Balaban J connectivity index is 1.79. The van der Waals surface area contributed by atoms with Crippen molar-refractivity contribution in [1.82, 2.24) is 9.97 Å². The normalized spacial score (nSPS) is 10.8. The maximum atomic E-state index is 11.9. The van der Waals surface area contributed by atoms with Gasteiger partial charge in [0, 0.05) is 0 Å². The van der Waals surface area contributed by atoms with Crippen molar-refractivity contribution in [2.24, 2.45) is 0 Å². The van der Waals surface area contributed by atoms with E-state index in [4.69, 9.17) is 10.8 Å². The molecule has 0 bridgehead atoms. The third-order valence-corrected chi connectivity index (χ3v) is 3.69. The van der Waals surface area contributed by atoms with E-state index in [0.717, 1.165) is 24.0 Å². The van der Waals surface area contributed by atoms with Crippen LogP contribution in [0.1, 0.15) is 21.5 Å². The molecule has 1 aromatic heterocycles. The molecule has 4 N–H and O–H groups in total. The minimum absolute atomic E-state index is 0.105. The maximum Gasteiger partial charge on any atom is 0.335 e. The lowest BCUT2D eigenvalue weighted by Crippen LogP contribution is -2.11. The van der Waals surface area contributed by atoms with Crippen LogP contribution in [0.4, 0.5) is 5.95 Å². The number of aromatic nitrogens is 2. The maximum absolute atomic E-state index is 11.9. The number of aryl methyl sites for hydroxylation is 2. The average Bonchev–Trinajstić information content (AvgIpc) is 2.53. The van der Waals surface area contributed by atoms with E-state index in [1.807, 2.05) is 12.1 Å². The van der Waals surface area contributed by atoms with Gasteiger partial charge in [-0.3, -0.25) is 9.78 Å². The predicted molar refractivity (Wildman–Crippen MR) is 87.6 cm³/mol. The van der Waals surface area contributed by atoms with Gasteiger partial charge in [0.1, 0.15) is 0 Å². The Morgan fingerprint density at radius 3 is 2.43 bits per heavy atom. The molecule has 0 saturated carbocycles. The largest absolute Gasteiger partial charge is 0.478 e. The lowest BCUT2D eigenvalue weighted by atomic mass is 10.0. The number of nitrogens with one attached hydrogen (secondary N) is 1. The number of hydrogen-bond acceptors (Lipinski definition) is 4. The Morgan fingerprint density at radius 2 is 1.74 bits per heavy atom. The first-order chi connectivity index (χ1) is 11.0. The number of anilines is 1. The molecule has 116 valence electrons. The summed E-state index contributed by atoms with van der Waals surface area (Å²) in [5.41, 5.74) is 8.17. The standard InChI is InChI=1S/C17H15N3O3/c18-17-19-14-8-5-11(9-13(14)15(21)20-17)2-1-10-3-6-12(7-4-10)16(22)23/h3-9H,1-2H2,(H,22,23)(H3,18,19,20,21). The van der Waals surface area contributed by atoms with Crippen molar-refractivity contribution in [3.05, 3.63) is 69.5 Å². The van der Waals surface area contributed by atoms with Crippen molar-refractivity contribution >= 4 is 22.8 Å². The summed E-state index contributed by atoms with van der Waals surface area (Å²) in [7, 11) is 0. The number of hydrogen-bond donors (Lipinski definition) is 3. The highest BCUT2D eigenvalue weighted by Gasteiger charge is 2.05. The van der Waals surface area contributed by atoms with E-state index in [-0.39, 0.29) is 17.1 Å². The first-order valence-corrected chi connectivity index (χ1v) is 7.13. The molecule has 0 atom stereocenters. The Bertz CT molecular complexity index is 930. The highest BCUT2D eigenvalue weighted by atomic mass is 16.4. The topological polar surface area (TPSA) is 109 Å². The third-order valence-electron chi connectivity index (χ3n) is 3.69. The van der Waals surface area contributed by atoms with Gasteiger partial charge in [0.2, 0.25) is 5.95 Å². The molecule has 0 amide bonds. The molecule has 1 heterocycles. The molecule has 0 aliphatic heterocycles. The van der Waals surface area contributed by atoms with Crippen LogP contribution in [0.2, 0.25) is 0 Å². The van der Waals surface area contributed by atoms with E-state index >= 15 is 0 Å². The molecular formula is C17H15N3O3. The van der Waals surface area contributed by atoms with Gasteiger partial charge < -0.3 is 10.8 Å². The number of H-pyrrole nitrogens is 1. The molecule has 0 aliphatic rings. The van der Waals surface area contributed by atoms with Gasteiger partial charge in [0.05, 0.1) is 16.5 Å². The monoisotopic (exact) mass is 309 g/mol. The van der Waals surface area contributed by atoms with Crippen molar-refractivity contribution in [2.75, 3.05) is 5.73 Å². The molecule has 3 aromatic rings. The van der Waals surface area contributed by atoms with E-state index < -0.39 is 5.97 Å². The second-order valence-electron chi connectivity index (χ2n) is 5.30. The first-order valence-electron chi connectivity index (χ1n) is 7.13. The number of rotatable bonds is 4. The third kappa shape index (κ3) is 3.21. The van der Waals surface area contributed by atoms with Crippen LogP contribution in [-0.4, -0.2) is 21.0 Å². The molecule has 0 radical (unpaired) electrons. The number of benzene rings is 2. The zero-order valence-corrected chi connectivity index (χ0v) is 12.2. The number of nitrogens with zero attached hydrogens (tertiary/aromatic N) is 1. The van der Waals surface area contributed by atoms with Crippen LogP contribution in [0.5, 0.6) is 0 Å². The van der Waals surface area contributed by atoms with Crippen LogP contribution in [-0.2, 0) is 12.8 Å². The van der Waals surface area contributed by atoms with E-state index in [1.54, 1.807) is 30.3 Å². The van der Waals surface area contributed by atoms with E-state index in [9.17, 15) is 9.59 Å². The first kappa shape index (κ1) is 14.8. The Morgan fingerprint density at radius 1 is 1.09 bits per heavy atom. The number of aromatic carboxylic acids is 1. The summed E-state index contributed by atoms with van der Waals surface area (Å²) in [6.45, 7) is 0. The van der Waals surface area contributed by atoms with E-state index in [2.05, 4.69) is 9.97 Å². The summed E-state index contributed by atoms with van der Waals surface area (Å²) >= 11 is 0. The van der Waals surface area contributed by atoms with Gasteiger partial charge in [0.25, 0.3) is 5.56 Å². The zero-order chi connectivity index (χ0) is 16.4. The Labute approximate surface area is 131 Å². The SMILES string of the molecule is Nc1nc2ccc(CCc3ccc(C(=O)O)cc3)cc2c(=O)[nH]1. The number of carbonyl (C=O) groups is 1. The van der Waals surface area contributed by atoms with Crippen molar-refractivity contribution < 1.29 is 9.90 Å². The molecular weight excluding hydrogens is 294 g/mol. The summed E-state index contributed by atoms with van der Waals surface area (Å²) < 4.78 is 0. The predicted octanol–water partition coefficient (Wildman–Crippen LogP) is 1.99. The number of aromatic amines is 1. The van der Waals surface area contributed by atoms with Gasteiger partial charge >= 0.3 is 5.97 Å². The molecule has 0 saturated heterocycles. The van der Waals surface area contributed by atoms with Crippen LogP contribution < -0.4 is 11.3 Å². The highest BCUT2D eigenvalue weighted by molar-refractivity contribution is 5.87. The second kappa shape index (κ2) is 5.92. The summed E-state index contributed by atoms with van der Waals surface area (Å²) in [5, 5.41) is 9.39. The van der Waals surface area contributed by atoms with Gasteiger partial charge in [-0.1, -0.05) is 18.2 Å². The van der Waals surface area contributed by atoms with Crippen molar-refractivity contribution in [3.63, 3.8) is 0 Å². The highest BCUT2D eigenvalue weighted by Crippen LogP contribution is 2.14. The molecule has 3 rings (SSSR count). The van der Waals surface area contributed by atoms with Gasteiger partial charge in [-0.2, -0.15) is 0 Å². The fourth-order valence-electron chi connectivity index (χ4n) is 2.46. The molecule has 0 fully saturated rings. The average molecular weight is 309 g/mol. The van der Waals surface area contributed by atoms with Crippen LogP contribution in [0.3, 0.4) is 0 Å². The zero-order valence-electron chi connectivity index (χ0n) is 12.2. The molecule has 6 heteroatoms. The van der Waals surface area contributed by atoms with E-state index in [0.29, 0.717) is 10.9 Å². The quantitative estimate of drug-likeness (QED) is 0.683. The second-order valence-corrected chi connectivity index (χ2v) is 5.30. The number of fused-ring (bicyclic) bond motifs is 1. The van der Waals surface area contributed by atoms with Crippen molar-refractivity contribution in [1.29, 1.82) is 0 Å². The fourth-order valence-corrected chi connectivity index (χ4v) is 2.46. The lowest BCUT2D eigenvalue weighted by molar-refractivity contribution is 0.0697. The molecule has 23 heavy (non-hydrogen) atoms. The fraction of sp³-hybridized carbons (Fsp3) is 0.118. The van der Waals surface area contributed by atoms with Crippen LogP contribution in [0.15, 0.2) is 47.3 Å². The van der Waals surface area contributed by atoms with Gasteiger partial charge in [-0.15, -0.1) is 0 Å². The van der Waals surface area contributed by atoms with E-state index in [1.165, 1.54) is 0 Å². The summed E-state index contributed by atoms with van der Waals surface area (Å²) in [6, 6.07) is 12.3. The van der Waals surface area contributed by atoms with Gasteiger partial charge in [0.15, 0.2) is 0 Å². The molecule has 2 aromatic carbocycles. The number of nitrogen functional groups attached to an aromatic ring is 1. The smallest absolute Gasteiger partial charge is 0.335 e. The molecule has 0 spiro atoms. The molecule has 0 unspecified atom stereocenters. The number of carboxylic acids is 1. The molecule has 0 aliphatic carbocycles. The molecule has 6 nitrogen and oxygen atoms in total. The van der Waals surface area contributed by atoms with Crippen LogP contribution in [0, 0.1) is 0 Å². The summed E-state index contributed by atoms with van der Waals surface area (Å²) in [6.07, 6.45) is 1.50. The summed E-state index contributed by atoms with van der Waals surface area (Å²) in [4.78, 5) is 29.3. The minimum atomic E-state index is -0.933. The van der Waals surface area contributed by atoms with Crippen molar-refractivity contribution in [3.8, 4) is 0 Å². The van der Waals surface area contributed by atoms with Crippen molar-refractivity contribution in [2.45, 2.75) is 12.8 Å². The van der Waals surface area contributed by atoms with Gasteiger partial charge in [-0.25, -0.2) is 9.78 Å². The lowest BCUT2D eigenvalue weighted by Gasteiger charge is -2.05. The minimum Gasteiger partial charge on any atom is -0.478 e. The number of carboxylic acid groups (broad SMARTS) is 1. The Hall–Kier alpha value is -3.15. The number of nitrogens with two attached hydrogens (primary N) is 1. The van der Waals surface area contributed by atoms with Gasteiger partial charge in [-0.05, 0) is 48.2 Å². The Kier molecular flexibility index (Phi) is 3.80. The van der Waals surface area contributed by atoms with Crippen LogP contribution >= 0.6 is 0 Å². The van der Waals surface area contributed by atoms with Crippen LogP contribution in [0.25, 0.3) is 10.9 Å².